The van der Waals surface area contributed by atoms with E-state index in [1.165, 1.54) is 20.1 Å². The number of methoxy groups -OCH3 is 1. The van der Waals surface area contributed by atoms with E-state index in [1.807, 2.05) is 19.9 Å². The van der Waals surface area contributed by atoms with E-state index >= 15 is 0 Å². The Balaban J connectivity index is 1.30. The SMILES string of the molecule is COC12CCC=CC(=O)OC3CC4OC5C=C(C)C(OC(C)=O)CC5(COC(=O)C5OC5(CCO1)C2O)C3(C)C41CO1. The van der Waals surface area contributed by atoms with Crippen molar-refractivity contribution >= 4 is 17.9 Å². The van der Waals surface area contributed by atoms with Crippen molar-refractivity contribution in [2.75, 3.05) is 26.9 Å². The number of hydrogen-bond acceptors (Lipinski definition) is 12. The van der Waals surface area contributed by atoms with Crippen LogP contribution in [0.5, 0.6) is 0 Å². The van der Waals surface area contributed by atoms with Crippen LogP contribution in [0.4, 0.5) is 0 Å². The van der Waals surface area contributed by atoms with Gasteiger partial charge in [0.2, 0.25) is 0 Å². The number of epoxide rings is 2. The van der Waals surface area contributed by atoms with E-state index < -0.39 is 76.2 Å². The van der Waals surface area contributed by atoms with E-state index in [9.17, 15) is 19.5 Å². The molecular formula is C30H38O12. The molecule has 4 bridgehead atoms. The van der Waals surface area contributed by atoms with E-state index in [0.717, 1.165) is 5.57 Å². The zero-order valence-corrected chi connectivity index (χ0v) is 24.3. The number of carbonyl (C=O) groups is 3. The lowest BCUT2D eigenvalue weighted by Gasteiger charge is -2.59. The van der Waals surface area contributed by atoms with Crippen LogP contribution in [0.15, 0.2) is 23.8 Å². The summed E-state index contributed by atoms with van der Waals surface area (Å²) in [4.78, 5) is 39.0. The molecule has 12 nitrogen and oxygen atoms in total. The number of ether oxygens (including phenoxy) is 8. The van der Waals surface area contributed by atoms with Gasteiger partial charge in [-0.15, -0.1) is 0 Å². The van der Waals surface area contributed by atoms with Gasteiger partial charge in [-0.1, -0.05) is 19.1 Å². The number of allylic oxidation sites excluding steroid dienone is 1. The van der Waals surface area contributed by atoms with Gasteiger partial charge in [0.15, 0.2) is 11.9 Å². The summed E-state index contributed by atoms with van der Waals surface area (Å²) < 4.78 is 48.2. The van der Waals surface area contributed by atoms with E-state index in [2.05, 4.69) is 0 Å². The van der Waals surface area contributed by atoms with Crippen molar-refractivity contribution in [1.82, 2.24) is 0 Å². The third-order valence-corrected chi connectivity index (χ3v) is 11.2. The number of rotatable bonds is 2. The molecule has 42 heavy (non-hydrogen) atoms. The highest BCUT2D eigenvalue weighted by atomic mass is 16.7. The van der Waals surface area contributed by atoms with E-state index in [4.69, 9.17) is 37.9 Å². The fourth-order valence-corrected chi connectivity index (χ4v) is 8.66. The first-order chi connectivity index (χ1) is 20.0. The number of fused-ring (bicyclic) bond motifs is 1. The minimum atomic E-state index is -1.42. The molecule has 11 atom stereocenters. The second kappa shape index (κ2) is 9.33. The summed E-state index contributed by atoms with van der Waals surface area (Å²) in [7, 11) is 1.43. The lowest BCUT2D eigenvalue weighted by Crippen LogP contribution is -2.68. The summed E-state index contributed by atoms with van der Waals surface area (Å²) >= 11 is 0. The maximum Gasteiger partial charge on any atom is 0.338 e. The van der Waals surface area contributed by atoms with Gasteiger partial charge in [-0.3, -0.25) is 4.79 Å². The highest BCUT2D eigenvalue weighted by molar-refractivity contribution is 5.82. The van der Waals surface area contributed by atoms with Gasteiger partial charge >= 0.3 is 17.9 Å². The number of carbonyl (C=O) groups excluding carboxylic acids is 3. The van der Waals surface area contributed by atoms with Crippen LogP contribution >= 0.6 is 0 Å². The second-order valence-corrected chi connectivity index (χ2v) is 13.0. The Labute approximate surface area is 243 Å². The van der Waals surface area contributed by atoms with Crippen molar-refractivity contribution in [1.29, 1.82) is 0 Å². The first-order valence-electron chi connectivity index (χ1n) is 14.7. The molecule has 2 aliphatic carbocycles. The van der Waals surface area contributed by atoms with Crippen LogP contribution < -0.4 is 0 Å². The van der Waals surface area contributed by atoms with Crippen LogP contribution in [0, 0.1) is 10.8 Å². The first-order valence-corrected chi connectivity index (χ1v) is 14.7. The van der Waals surface area contributed by atoms with E-state index in [1.54, 1.807) is 6.08 Å². The van der Waals surface area contributed by atoms with E-state index in [0.29, 0.717) is 19.4 Å². The number of esters is 3. The standard InChI is InChI=1S/C30H38O12/c1-16-11-20-27(13-18(16)39-17(2)31)14-36-24(33)23-28(42-23)9-10-37-30(35-4,25(28)34)8-6-5-7-22(32)41-19-12-21(40-20)29(15-38-29)26(19,27)3/h5,7,11,18-21,23,25,34H,6,8-10,12-15H2,1-4H3. The molecule has 7 rings (SSSR count). The Bertz CT molecular complexity index is 1260. The van der Waals surface area contributed by atoms with Gasteiger partial charge < -0.3 is 43.0 Å². The molecule has 3 spiro atoms. The summed E-state index contributed by atoms with van der Waals surface area (Å²) in [6.45, 7) is 5.72. The molecule has 12 heteroatoms. The normalized spacial score (nSPS) is 51.0. The molecule has 4 saturated heterocycles. The average molecular weight is 591 g/mol. The summed E-state index contributed by atoms with van der Waals surface area (Å²) in [6.07, 6.45) is 2.13. The first kappa shape index (κ1) is 28.4. The number of cyclic esters (lactones) is 1. The highest BCUT2D eigenvalue weighted by Crippen LogP contribution is 2.72. The maximum atomic E-state index is 13.7. The summed E-state index contributed by atoms with van der Waals surface area (Å²) in [5.41, 5.74) is -2.96. The number of hydrogen-bond donors (Lipinski definition) is 1. The molecule has 0 aromatic rings. The monoisotopic (exact) mass is 590 g/mol. The van der Waals surface area contributed by atoms with Gasteiger partial charge in [-0.2, -0.15) is 0 Å². The highest BCUT2D eigenvalue weighted by Gasteiger charge is 2.84. The van der Waals surface area contributed by atoms with Crippen molar-refractivity contribution < 1.29 is 57.4 Å². The quantitative estimate of drug-likeness (QED) is 0.213. The third kappa shape index (κ3) is 3.65. The predicted octanol–water partition coefficient (Wildman–Crippen LogP) is 1.27. The fourth-order valence-electron chi connectivity index (χ4n) is 8.66. The molecule has 230 valence electrons. The van der Waals surface area contributed by atoms with Crippen molar-refractivity contribution in [3.8, 4) is 0 Å². The van der Waals surface area contributed by atoms with Gasteiger partial charge in [-0.05, 0) is 18.9 Å². The molecular weight excluding hydrogens is 552 g/mol. The third-order valence-electron chi connectivity index (χ3n) is 11.2. The lowest BCUT2D eigenvalue weighted by molar-refractivity contribution is -0.308. The Morgan fingerprint density at radius 3 is 2.64 bits per heavy atom. The van der Waals surface area contributed by atoms with Gasteiger partial charge in [0.1, 0.15) is 36.1 Å². The van der Waals surface area contributed by atoms with Gasteiger partial charge in [-0.25, -0.2) is 9.59 Å². The zero-order chi connectivity index (χ0) is 29.7. The maximum absolute atomic E-state index is 13.7. The van der Waals surface area contributed by atoms with Crippen LogP contribution in [0.2, 0.25) is 0 Å². The number of aliphatic hydroxyl groups is 1. The van der Waals surface area contributed by atoms with Crippen LogP contribution in [0.3, 0.4) is 0 Å². The Morgan fingerprint density at radius 1 is 1.14 bits per heavy atom. The Hall–Kier alpha value is -2.35. The van der Waals surface area contributed by atoms with Gasteiger partial charge in [0, 0.05) is 45.8 Å². The lowest BCUT2D eigenvalue weighted by atomic mass is 9.51. The summed E-state index contributed by atoms with van der Waals surface area (Å²) in [5.74, 6) is -3.01. The molecule has 5 fully saturated rings. The molecule has 5 heterocycles. The topological polar surface area (TPSA) is 152 Å². The number of aliphatic hydroxyl groups excluding tert-OH is 1. The van der Waals surface area contributed by atoms with Crippen LogP contribution in [-0.2, 0) is 52.3 Å². The summed E-state index contributed by atoms with van der Waals surface area (Å²) in [5, 5.41) is 11.4. The van der Waals surface area contributed by atoms with Crippen molar-refractivity contribution in [3.63, 3.8) is 0 Å². The largest absolute Gasteiger partial charge is 0.463 e. The molecule has 0 aromatic heterocycles. The minimum absolute atomic E-state index is 0.131. The fraction of sp³-hybridized carbons (Fsp3) is 0.767. The zero-order valence-electron chi connectivity index (χ0n) is 24.3. The van der Waals surface area contributed by atoms with Crippen molar-refractivity contribution in [2.45, 2.75) is 106 Å². The Morgan fingerprint density at radius 2 is 1.93 bits per heavy atom. The summed E-state index contributed by atoms with van der Waals surface area (Å²) in [6, 6.07) is 0. The molecule has 11 unspecified atom stereocenters. The van der Waals surface area contributed by atoms with Crippen LogP contribution in [-0.4, -0.2) is 104 Å². The van der Waals surface area contributed by atoms with Crippen molar-refractivity contribution in [2.24, 2.45) is 10.8 Å². The molecule has 7 aliphatic rings. The molecule has 0 aromatic carbocycles. The Kier molecular flexibility index (Phi) is 6.31. The second-order valence-electron chi connectivity index (χ2n) is 13.0. The van der Waals surface area contributed by atoms with Gasteiger partial charge in [0.05, 0.1) is 36.3 Å². The molecule has 0 amide bonds. The van der Waals surface area contributed by atoms with Crippen LogP contribution in [0.25, 0.3) is 0 Å². The molecule has 5 aliphatic heterocycles. The van der Waals surface area contributed by atoms with Crippen molar-refractivity contribution in [3.05, 3.63) is 23.8 Å². The van der Waals surface area contributed by atoms with Gasteiger partial charge in [0.25, 0.3) is 0 Å². The molecule has 0 radical (unpaired) electrons. The smallest absolute Gasteiger partial charge is 0.338 e. The molecule has 1 N–H and O–H groups in total. The predicted molar refractivity (Wildman–Crippen MR) is 140 cm³/mol. The average Bonchev–Trinajstić information content (AvgIpc) is 3.86. The molecule has 1 saturated carbocycles. The van der Waals surface area contributed by atoms with Crippen LogP contribution in [0.1, 0.15) is 52.9 Å². The van der Waals surface area contributed by atoms with E-state index in [-0.39, 0.29) is 38.6 Å². The minimum Gasteiger partial charge on any atom is -0.463 e.